The Bertz CT molecular complexity index is 2100. The van der Waals surface area contributed by atoms with Gasteiger partial charge in [-0.3, -0.25) is 4.98 Å². The number of aromatic nitrogens is 1. The minimum atomic E-state index is -0.0146. The maximum Gasteiger partial charge on any atom is 0.0346 e. The SMILES string of the molecule is CC1(C)c2ccccc2-c2cc(-c3c4ccccc4c(-c4cccnc4)c4ccc(-c5ccccc5)cc34)ccc21. The van der Waals surface area contributed by atoms with E-state index in [-0.39, 0.29) is 5.41 Å². The second kappa shape index (κ2) is 9.01. The van der Waals surface area contributed by atoms with E-state index in [2.05, 4.69) is 140 Å². The number of nitrogens with zero attached hydrogens (tertiary/aromatic N) is 1. The molecule has 0 bridgehead atoms. The lowest BCUT2D eigenvalue weighted by atomic mass is 9.81. The predicted molar refractivity (Wildman–Crippen MR) is 173 cm³/mol. The summed E-state index contributed by atoms with van der Waals surface area (Å²) in [4.78, 5) is 4.49. The normalized spacial score (nSPS) is 13.3. The lowest BCUT2D eigenvalue weighted by Crippen LogP contribution is -2.14. The number of benzene rings is 6. The summed E-state index contributed by atoms with van der Waals surface area (Å²) in [6, 6.07) is 46.7. The molecule has 0 saturated heterocycles. The van der Waals surface area contributed by atoms with E-state index in [1.807, 2.05) is 18.5 Å². The van der Waals surface area contributed by atoms with Crippen molar-refractivity contribution in [2.75, 3.05) is 0 Å². The van der Waals surface area contributed by atoms with E-state index in [1.165, 1.54) is 71.6 Å². The van der Waals surface area contributed by atoms with Crippen LogP contribution in [0.4, 0.5) is 0 Å². The molecule has 0 amide bonds. The van der Waals surface area contributed by atoms with Gasteiger partial charge >= 0.3 is 0 Å². The number of pyridine rings is 1. The average molecular weight is 524 g/mol. The molecule has 8 rings (SSSR count). The quantitative estimate of drug-likeness (QED) is 0.210. The molecular formula is C40H29N. The first kappa shape index (κ1) is 23.8. The van der Waals surface area contributed by atoms with Crippen molar-refractivity contribution in [1.29, 1.82) is 0 Å². The van der Waals surface area contributed by atoms with E-state index in [0.29, 0.717) is 0 Å². The van der Waals surface area contributed by atoms with Gasteiger partial charge in [-0.25, -0.2) is 0 Å². The highest BCUT2D eigenvalue weighted by molar-refractivity contribution is 6.22. The summed E-state index contributed by atoms with van der Waals surface area (Å²) < 4.78 is 0. The van der Waals surface area contributed by atoms with Crippen LogP contribution < -0.4 is 0 Å². The maximum atomic E-state index is 4.49. The summed E-state index contributed by atoms with van der Waals surface area (Å²) >= 11 is 0. The van der Waals surface area contributed by atoms with E-state index >= 15 is 0 Å². The molecule has 0 fully saturated rings. The van der Waals surface area contributed by atoms with E-state index < -0.39 is 0 Å². The van der Waals surface area contributed by atoms with E-state index in [9.17, 15) is 0 Å². The van der Waals surface area contributed by atoms with Crippen molar-refractivity contribution >= 4 is 21.5 Å². The zero-order valence-corrected chi connectivity index (χ0v) is 23.2. The minimum Gasteiger partial charge on any atom is -0.264 e. The molecule has 0 spiro atoms. The zero-order valence-electron chi connectivity index (χ0n) is 23.2. The van der Waals surface area contributed by atoms with Crippen molar-refractivity contribution in [3.8, 4) is 44.5 Å². The summed E-state index contributed by atoms with van der Waals surface area (Å²) in [5.74, 6) is 0. The van der Waals surface area contributed by atoms with Crippen molar-refractivity contribution in [1.82, 2.24) is 4.98 Å². The van der Waals surface area contributed by atoms with Crippen LogP contribution in [0.15, 0.2) is 140 Å². The van der Waals surface area contributed by atoms with Crippen LogP contribution in [0.1, 0.15) is 25.0 Å². The molecule has 194 valence electrons. The van der Waals surface area contributed by atoms with Crippen LogP contribution in [0.5, 0.6) is 0 Å². The molecular weight excluding hydrogens is 494 g/mol. The Kier molecular flexibility index (Phi) is 5.24. The third-order valence-corrected chi connectivity index (χ3v) is 8.95. The number of hydrogen-bond acceptors (Lipinski definition) is 1. The molecule has 0 N–H and O–H groups in total. The molecule has 41 heavy (non-hydrogen) atoms. The number of fused-ring (bicyclic) bond motifs is 5. The lowest BCUT2D eigenvalue weighted by molar-refractivity contribution is 0.660. The van der Waals surface area contributed by atoms with Crippen molar-refractivity contribution in [3.63, 3.8) is 0 Å². The monoisotopic (exact) mass is 523 g/mol. The molecule has 1 heterocycles. The maximum absolute atomic E-state index is 4.49. The first-order valence-electron chi connectivity index (χ1n) is 14.3. The van der Waals surface area contributed by atoms with E-state index in [4.69, 9.17) is 0 Å². The van der Waals surface area contributed by atoms with Gasteiger partial charge in [0.2, 0.25) is 0 Å². The molecule has 1 aliphatic carbocycles. The van der Waals surface area contributed by atoms with Crippen LogP contribution in [0.2, 0.25) is 0 Å². The highest BCUT2D eigenvalue weighted by Gasteiger charge is 2.35. The van der Waals surface area contributed by atoms with Gasteiger partial charge in [-0.15, -0.1) is 0 Å². The molecule has 1 nitrogen and oxygen atoms in total. The summed E-state index contributed by atoms with van der Waals surface area (Å²) in [7, 11) is 0. The van der Waals surface area contributed by atoms with Crippen molar-refractivity contribution in [2.24, 2.45) is 0 Å². The summed E-state index contributed by atoms with van der Waals surface area (Å²) in [5.41, 5.74) is 12.8. The Labute approximate surface area is 240 Å². The molecule has 0 radical (unpaired) electrons. The van der Waals surface area contributed by atoms with Crippen LogP contribution in [0.25, 0.3) is 66.1 Å². The molecule has 1 aliphatic rings. The molecule has 0 atom stereocenters. The number of hydrogen-bond donors (Lipinski definition) is 0. The van der Waals surface area contributed by atoms with Gasteiger partial charge in [0.25, 0.3) is 0 Å². The standard InChI is InChI=1S/C40H29N/c1-40(2)36-17-9-8-14-30(36)34-24-28(19-21-37(34)40)38-31-15-6-7-16-32(31)39(29-13-10-22-41-25-29)33-20-18-27(23-35(33)38)26-11-4-3-5-12-26/h3-25H,1-2H3. The van der Waals surface area contributed by atoms with Crippen LogP contribution >= 0.6 is 0 Å². The highest BCUT2D eigenvalue weighted by atomic mass is 14.6. The summed E-state index contributed by atoms with van der Waals surface area (Å²) in [6.45, 7) is 4.69. The molecule has 1 aromatic heterocycles. The van der Waals surface area contributed by atoms with E-state index in [0.717, 1.165) is 5.56 Å². The molecule has 6 aromatic carbocycles. The van der Waals surface area contributed by atoms with Gasteiger partial charge in [-0.1, -0.05) is 123 Å². The van der Waals surface area contributed by atoms with Crippen LogP contribution in [0.3, 0.4) is 0 Å². The largest absolute Gasteiger partial charge is 0.264 e. The van der Waals surface area contributed by atoms with Gasteiger partial charge in [0.15, 0.2) is 0 Å². The third kappa shape index (κ3) is 3.59. The summed E-state index contributed by atoms with van der Waals surface area (Å²) in [6.07, 6.45) is 3.83. The molecule has 7 aromatic rings. The van der Waals surface area contributed by atoms with Gasteiger partial charge < -0.3 is 0 Å². The fraction of sp³-hybridized carbons (Fsp3) is 0.0750. The predicted octanol–water partition coefficient (Wildman–Crippen LogP) is 10.7. The fourth-order valence-electron chi connectivity index (χ4n) is 7.00. The van der Waals surface area contributed by atoms with Gasteiger partial charge in [-0.05, 0) is 89.8 Å². The third-order valence-electron chi connectivity index (χ3n) is 8.95. The highest BCUT2D eigenvalue weighted by Crippen LogP contribution is 2.51. The second-order valence-corrected chi connectivity index (χ2v) is 11.6. The second-order valence-electron chi connectivity index (χ2n) is 11.6. The first-order valence-corrected chi connectivity index (χ1v) is 14.3. The van der Waals surface area contributed by atoms with Crippen LogP contribution in [-0.4, -0.2) is 4.98 Å². The smallest absolute Gasteiger partial charge is 0.0346 e. The average Bonchev–Trinajstić information content (AvgIpc) is 3.26. The molecule has 1 heteroatoms. The Morgan fingerprint density at radius 3 is 1.85 bits per heavy atom. The number of rotatable bonds is 3. The van der Waals surface area contributed by atoms with Gasteiger partial charge in [0.05, 0.1) is 0 Å². The Morgan fingerprint density at radius 1 is 0.439 bits per heavy atom. The summed E-state index contributed by atoms with van der Waals surface area (Å²) in [5, 5.41) is 5.01. The fourth-order valence-corrected chi connectivity index (χ4v) is 7.00. The topological polar surface area (TPSA) is 12.9 Å². The Morgan fingerprint density at radius 2 is 1.07 bits per heavy atom. The first-order chi connectivity index (χ1) is 20.1. The minimum absolute atomic E-state index is 0.0146. The van der Waals surface area contributed by atoms with Crippen molar-refractivity contribution in [3.05, 3.63) is 151 Å². The van der Waals surface area contributed by atoms with Crippen LogP contribution in [0, 0.1) is 0 Å². The Balaban J connectivity index is 1.49. The Hall–Kier alpha value is -5.01. The molecule has 0 aliphatic heterocycles. The lowest BCUT2D eigenvalue weighted by Gasteiger charge is -2.22. The molecule has 0 unspecified atom stereocenters. The van der Waals surface area contributed by atoms with Crippen molar-refractivity contribution in [2.45, 2.75) is 19.3 Å². The van der Waals surface area contributed by atoms with Crippen LogP contribution in [-0.2, 0) is 5.41 Å². The van der Waals surface area contributed by atoms with Gasteiger partial charge in [0.1, 0.15) is 0 Å². The van der Waals surface area contributed by atoms with Gasteiger partial charge in [-0.2, -0.15) is 0 Å². The van der Waals surface area contributed by atoms with Crippen molar-refractivity contribution < 1.29 is 0 Å². The molecule has 0 saturated carbocycles. The zero-order chi connectivity index (χ0) is 27.6. The van der Waals surface area contributed by atoms with Gasteiger partial charge in [0, 0.05) is 23.4 Å². The van der Waals surface area contributed by atoms with E-state index in [1.54, 1.807) is 0 Å².